The Morgan fingerprint density at radius 3 is 2.41 bits per heavy atom. The highest BCUT2D eigenvalue weighted by Gasteiger charge is 2.14. The van der Waals surface area contributed by atoms with Crippen molar-refractivity contribution < 1.29 is 4.79 Å². The van der Waals surface area contributed by atoms with Crippen LogP contribution in [0, 0.1) is 11.5 Å². The molecule has 0 fully saturated rings. The van der Waals surface area contributed by atoms with Crippen LogP contribution in [-0.4, -0.2) is 14.0 Å². The van der Waals surface area contributed by atoms with Crippen LogP contribution in [0.5, 0.6) is 0 Å². The molecule has 0 aliphatic carbocycles. The summed E-state index contributed by atoms with van der Waals surface area (Å²) < 4.78 is 0. The maximum absolute atomic E-state index is 11.2. The minimum atomic E-state index is -1.40. The Labute approximate surface area is 104 Å². The average molecular weight is 245 g/mol. The minimum Gasteiger partial charge on any atom is -0.369 e. The summed E-state index contributed by atoms with van der Waals surface area (Å²) >= 11 is 0. The van der Waals surface area contributed by atoms with Gasteiger partial charge in [0.15, 0.2) is 0 Å². The first-order valence-corrected chi connectivity index (χ1v) is 9.22. The molecule has 0 saturated heterocycles. The summed E-state index contributed by atoms with van der Waals surface area (Å²) in [6.07, 6.45) is 0. The Morgan fingerprint density at radius 1 is 1.29 bits per heavy atom. The second-order valence-electron chi connectivity index (χ2n) is 5.21. The number of primary amides is 1. The topological polar surface area (TPSA) is 43.1 Å². The summed E-state index contributed by atoms with van der Waals surface area (Å²) in [4.78, 5) is 11.2. The molecule has 1 atom stereocenters. The van der Waals surface area contributed by atoms with Crippen molar-refractivity contribution in [3.05, 3.63) is 35.4 Å². The summed E-state index contributed by atoms with van der Waals surface area (Å²) in [5, 5.41) is 0. The molecule has 17 heavy (non-hydrogen) atoms. The highest BCUT2D eigenvalue weighted by atomic mass is 28.3. The van der Waals surface area contributed by atoms with Crippen molar-refractivity contribution in [3.63, 3.8) is 0 Å². The van der Waals surface area contributed by atoms with E-state index in [-0.39, 0.29) is 11.8 Å². The first kappa shape index (κ1) is 13.5. The summed E-state index contributed by atoms with van der Waals surface area (Å²) in [5.74, 6) is 2.59. The zero-order valence-electron chi connectivity index (χ0n) is 10.9. The molecule has 0 heterocycles. The van der Waals surface area contributed by atoms with Gasteiger partial charge in [0, 0.05) is 5.56 Å². The minimum absolute atomic E-state index is 0.290. The zero-order valence-corrected chi connectivity index (χ0v) is 11.9. The molecular weight excluding hydrogens is 226 g/mol. The summed E-state index contributed by atoms with van der Waals surface area (Å²) in [6, 6.07) is 7.71. The third kappa shape index (κ3) is 4.08. The predicted octanol–water partition coefficient (Wildman–Crippen LogP) is 2.50. The SMILES string of the molecule is CC(C(N)=O)c1ccccc1C#C[Si](C)(C)C. The van der Waals surface area contributed by atoms with Gasteiger partial charge in [0.1, 0.15) is 8.07 Å². The van der Waals surface area contributed by atoms with Gasteiger partial charge in [-0.2, -0.15) is 0 Å². The van der Waals surface area contributed by atoms with Crippen molar-refractivity contribution in [3.8, 4) is 11.5 Å². The van der Waals surface area contributed by atoms with Gasteiger partial charge in [-0.05, 0) is 18.6 Å². The fraction of sp³-hybridized carbons (Fsp3) is 0.357. The molecular formula is C14H19NOSi. The van der Waals surface area contributed by atoms with Gasteiger partial charge in [0.25, 0.3) is 0 Å². The van der Waals surface area contributed by atoms with E-state index in [4.69, 9.17) is 5.73 Å². The zero-order chi connectivity index (χ0) is 13.1. The Morgan fingerprint density at radius 2 is 1.88 bits per heavy atom. The molecule has 90 valence electrons. The smallest absolute Gasteiger partial charge is 0.224 e. The molecule has 1 aromatic carbocycles. The normalized spacial score (nSPS) is 12.5. The van der Waals surface area contributed by atoms with E-state index >= 15 is 0 Å². The molecule has 1 amide bonds. The molecule has 0 saturated carbocycles. The summed E-state index contributed by atoms with van der Waals surface area (Å²) in [7, 11) is -1.40. The molecule has 0 aromatic heterocycles. The number of nitrogens with two attached hydrogens (primary N) is 1. The standard InChI is InChI=1S/C14H19NOSi/c1-11(14(15)16)13-8-6-5-7-12(13)9-10-17(2,3)4/h5-8,11H,1-4H3,(H2,15,16). The van der Waals surface area contributed by atoms with E-state index in [9.17, 15) is 4.79 Å². The molecule has 1 unspecified atom stereocenters. The van der Waals surface area contributed by atoms with Crippen LogP contribution in [0.25, 0.3) is 0 Å². The van der Waals surface area contributed by atoms with Crippen molar-refractivity contribution >= 4 is 14.0 Å². The summed E-state index contributed by atoms with van der Waals surface area (Å²) in [5.41, 5.74) is 10.5. The lowest BCUT2D eigenvalue weighted by Gasteiger charge is -2.10. The number of hydrogen-bond donors (Lipinski definition) is 1. The van der Waals surface area contributed by atoms with E-state index in [0.717, 1.165) is 11.1 Å². The summed E-state index contributed by atoms with van der Waals surface area (Å²) in [6.45, 7) is 8.40. The van der Waals surface area contributed by atoms with Crippen molar-refractivity contribution in [1.29, 1.82) is 0 Å². The van der Waals surface area contributed by atoms with Gasteiger partial charge in [-0.1, -0.05) is 43.8 Å². The van der Waals surface area contributed by atoms with E-state index < -0.39 is 8.07 Å². The van der Waals surface area contributed by atoms with Gasteiger partial charge in [0.05, 0.1) is 5.92 Å². The lowest BCUT2D eigenvalue weighted by atomic mass is 9.96. The molecule has 3 heteroatoms. The molecule has 2 nitrogen and oxygen atoms in total. The molecule has 1 aromatic rings. The number of hydrogen-bond acceptors (Lipinski definition) is 1. The van der Waals surface area contributed by atoms with Crippen LogP contribution in [0.4, 0.5) is 0 Å². The fourth-order valence-corrected chi connectivity index (χ4v) is 1.91. The van der Waals surface area contributed by atoms with Gasteiger partial charge in [-0.3, -0.25) is 4.79 Å². The van der Waals surface area contributed by atoms with Gasteiger partial charge < -0.3 is 5.73 Å². The van der Waals surface area contributed by atoms with Crippen molar-refractivity contribution in [2.24, 2.45) is 5.73 Å². The van der Waals surface area contributed by atoms with Crippen molar-refractivity contribution in [2.75, 3.05) is 0 Å². The third-order valence-corrected chi connectivity index (χ3v) is 3.30. The first-order valence-electron chi connectivity index (χ1n) is 5.72. The van der Waals surface area contributed by atoms with Crippen LogP contribution in [0.15, 0.2) is 24.3 Å². The monoisotopic (exact) mass is 245 g/mol. The predicted molar refractivity (Wildman–Crippen MR) is 74.3 cm³/mol. The van der Waals surface area contributed by atoms with Gasteiger partial charge in [0.2, 0.25) is 5.91 Å². The Balaban J connectivity index is 3.16. The molecule has 0 bridgehead atoms. The van der Waals surface area contributed by atoms with Crippen LogP contribution in [0.2, 0.25) is 19.6 Å². The quantitative estimate of drug-likeness (QED) is 0.631. The van der Waals surface area contributed by atoms with Gasteiger partial charge >= 0.3 is 0 Å². The number of amides is 1. The van der Waals surface area contributed by atoms with E-state index in [0.29, 0.717) is 0 Å². The maximum Gasteiger partial charge on any atom is 0.224 e. The highest BCUT2D eigenvalue weighted by molar-refractivity contribution is 6.83. The van der Waals surface area contributed by atoms with Crippen LogP contribution in [0.3, 0.4) is 0 Å². The Bertz CT molecular complexity index is 477. The molecule has 0 aliphatic heterocycles. The van der Waals surface area contributed by atoms with E-state index in [2.05, 4.69) is 31.1 Å². The van der Waals surface area contributed by atoms with Gasteiger partial charge in [-0.15, -0.1) is 5.54 Å². The molecule has 0 radical (unpaired) electrons. The lowest BCUT2D eigenvalue weighted by Crippen LogP contribution is -2.20. The largest absolute Gasteiger partial charge is 0.369 e. The second-order valence-corrected chi connectivity index (χ2v) is 9.96. The first-order chi connectivity index (χ1) is 7.81. The van der Waals surface area contributed by atoms with E-state index in [1.165, 1.54) is 0 Å². The number of carbonyl (C=O) groups excluding carboxylic acids is 1. The Kier molecular flexibility index (Phi) is 4.14. The van der Waals surface area contributed by atoms with Crippen LogP contribution < -0.4 is 5.73 Å². The third-order valence-electron chi connectivity index (χ3n) is 2.43. The highest BCUT2D eigenvalue weighted by Crippen LogP contribution is 2.18. The fourth-order valence-electron chi connectivity index (χ4n) is 1.40. The number of carbonyl (C=O) groups is 1. The van der Waals surface area contributed by atoms with Crippen LogP contribution >= 0.6 is 0 Å². The van der Waals surface area contributed by atoms with Crippen LogP contribution in [-0.2, 0) is 4.79 Å². The molecule has 1 rings (SSSR count). The second kappa shape index (κ2) is 5.20. The number of rotatable bonds is 2. The average Bonchev–Trinajstić information content (AvgIpc) is 2.24. The Hall–Kier alpha value is -1.53. The van der Waals surface area contributed by atoms with Crippen molar-refractivity contribution in [1.82, 2.24) is 0 Å². The molecule has 2 N–H and O–H groups in total. The lowest BCUT2D eigenvalue weighted by molar-refractivity contribution is -0.119. The van der Waals surface area contributed by atoms with Crippen LogP contribution in [0.1, 0.15) is 24.0 Å². The maximum atomic E-state index is 11.2. The van der Waals surface area contributed by atoms with E-state index in [1.807, 2.05) is 31.2 Å². The number of benzene rings is 1. The van der Waals surface area contributed by atoms with Crippen molar-refractivity contribution in [2.45, 2.75) is 32.5 Å². The van der Waals surface area contributed by atoms with Gasteiger partial charge in [-0.25, -0.2) is 0 Å². The molecule has 0 aliphatic rings. The molecule has 0 spiro atoms. The van der Waals surface area contributed by atoms with E-state index in [1.54, 1.807) is 0 Å².